The van der Waals surface area contributed by atoms with Crippen molar-refractivity contribution in [3.05, 3.63) is 76.2 Å². The minimum absolute atomic E-state index is 0.0449. The van der Waals surface area contributed by atoms with E-state index in [1.807, 2.05) is 0 Å². The van der Waals surface area contributed by atoms with Crippen LogP contribution in [0.5, 0.6) is 5.75 Å². The van der Waals surface area contributed by atoms with Gasteiger partial charge in [-0.2, -0.15) is 8.78 Å². The first-order valence-electron chi connectivity index (χ1n) is 8.43. The van der Waals surface area contributed by atoms with E-state index in [0.717, 1.165) is 5.56 Å². The molecule has 0 bridgehead atoms. The smallest absolute Gasteiger partial charge is 0.387 e. The Kier molecular flexibility index (Phi) is 5.46. The fourth-order valence-corrected chi connectivity index (χ4v) is 3.34. The van der Waals surface area contributed by atoms with Gasteiger partial charge >= 0.3 is 6.61 Å². The highest BCUT2D eigenvalue weighted by Gasteiger charge is 2.12. The molecule has 2 aromatic carbocycles. The second kappa shape index (κ2) is 8.18. The highest BCUT2D eigenvalue weighted by atomic mass is 35.5. The van der Waals surface area contributed by atoms with Crippen LogP contribution in [-0.2, 0) is 6.54 Å². The number of aromatic amines is 1. The molecule has 4 rings (SSSR count). The molecule has 0 aliphatic rings. The summed E-state index contributed by atoms with van der Waals surface area (Å²) in [5.41, 5.74) is 2.32. The molecule has 10 heteroatoms. The van der Waals surface area contributed by atoms with Crippen molar-refractivity contribution in [1.29, 1.82) is 0 Å². The molecule has 0 fully saturated rings. The molecule has 0 aliphatic heterocycles. The van der Waals surface area contributed by atoms with Crippen molar-refractivity contribution in [1.82, 2.24) is 19.5 Å². The number of para-hydroxylation sites is 2. The van der Waals surface area contributed by atoms with Crippen molar-refractivity contribution in [2.24, 2.45) is 4.99 Å². The molecule has 1 N–H and O–H groups in total. The van der Waals surface area contributed by atoms with Crippen LogP contribution in [0.2, 0.25) is 10.0 Å². The lowest BCUT2D eigenvalue weighted by molar-refractivity contribution is -0.0494. The van der Waals surface area contributed by atoms with Gasteiger partial charge in [-0.3, -0.25) is 0 Å². The lowest BCUT2D eigenvalue weighted by atomic mass is 10.2. The summed E-state index contributed by atoms with van der Waals surface area (Å²) < 4.78 is 31.6. The molecule has 0 amide bonds. The Labute approximate surface area is 173 Å². The van der Waals surface area contributed by atoms with Gasteiger partial charge in [0.15, 0.2) is 16.9 Å². The third-order valence-corrected chi connectivity index (χ3v) is 4.84. The first kappa shape index (κ1) is 19.4. The zero-order valence-corrected chi connectivity index (χ0v) is 16.2. The average Bonchev–Trinajstić information content (AvgIpc) is 3.18. The van der Waals surface area contributed by atoms with E-state index >= 15 is 0 Å². The fraction of sp³-hybridized carbons (Fsp3) is 0.105. The zero-order chi connectivity index (χ0) is 20.4. The second-order valence-electron chi connectivity index (χ2n) is 5.96. The summed E-state index contributed by atoms with van der Waals surface area (Å²) in [6.07, 6.45) is 3.04. The number of alkyl halides is 2. The van der Waals surface area contributed by atoms with Gasteiger partial charge in [0.2, 0.25) is 0 Å². The monoisotopic (exact) mass is 435 g/mol. The maximum atomic E-state index is 12.6. The number of aromatic nitrogens is 4. The number of imidazole rings is 1. The van der Waals surface area contributed by atoms with E-state index in [9.17, 15) is 8.78 Å². The van der Waals surface area contributed by atoms with Crippen LogP contribution in [0, 0.1) is 0 Å². The number of H-pyrrole nitrogens is 1. The first-order chi connectivity index (χ1) is 14.0. The van der Waals surface area contributed by atoms with E-state index in [2.05, 4.69) is 24.7 Å². The number of hydrogen-bond donors (Lipinski definition) is 1. The lowest BCUT2D eigenvalue weighted by Gasteiger charge is -2.11. The Bertz CT molecular complexity index is 1220. The van der Waals surface area contributed by atoms with Gasteiger partial charge in [-0.25, -0.2) is 15.0 Å². The maximum Gasteiger partial charge on any atom is 0.387 e. The van der Waals surface area contributed by atoms with Crippen LogP contribution < -0.4 is 10.2 Å². The van der Waals surface area contributed by atoms with Crippen molar-refractivity contribution in [3.8, 4) is 5.75 Å². The summed E-state index contributed by atoms with van der Waals surface area (Å²) in [5.74, 6) is -0.0449. The minimum Gasteiger partial charge on any atom is -0.433 e. The number of nitrogens with one attached hydrogen (secondary N) is 1. The summed E-state index contributed by atoms with van der Waals surface area (Å²) in [4.78, 5) is 16.0. The highest BCUT2D eigenvalue weighted by Crippen LogP contribution is 2.28. The predicted molar refractivity (Wildman–Crippen MR) is 106 cm³/mol. The molecule has 0 saturated heterocycles. The molecule has 0 atom stereocenters. The van der Waals surface area contributed by atoms with Gasteiger partial charge in [-0.05, 0) is 24.3 Å². The Balaban J connectivity index is 1.79. The predicted octanol–water partition coefficient (Wildman–Crippen LogP) is 4.95. The number of nitrogens with zero attached hydrogens (tertiary/aromatic N) is 4. The maximum absolute atomic E-state index is 12.6. The molecule has 2 heterocycles. The molecule has 0 spiro atoms. The molecule has 0 saturated carbocycles. The quantitative estimate of drug-likeness (QED) is 0.482. The minimum atomic E-state index is -2.95. The SMILES string of the molecule is FC(F)Oc1ccccc1N=c1ncn(Cc2c(Cl)cccc2Cl)c2nc[nH]c12. The van der Waals surface area contributed by atoms with E-state index in [0.29, 0.717) is 27.8 Å². The normalized spacial score (nSPS) is 12.1. The fourth-order valence-electron chi connectivity index (χ4n) is 2.83. The number of halogens is 4. The Morgan fingerprint density at radius 3 is 2.59 bits per heavy atom. The molecule has 0 radical (unpaired) electrons. The van der Waals surface area contributed by atoms with Gasteiger partial charge in [0.25, 0.3) is 0 Å². The number of hydrogen-bond acceptors (Lipinski definition) is 4. The van der Waals surface area contributed by atoms with Crippen LogP contribution in [0.1, 0.15) is 5.56 Å². The van der Waals surface area contributed by atoms with Crippen molar-refractivity contribution in [3.63, 3.8) is 0 Å². The number of ether oxygens (including phenoxy) is 1. The highest BCUT2D eigenvalue weighted by molar-refractivity contribution is 6.36. The van der Waals surface area contributed by atoms with Crippen molar-refractivity contribution < 1.29 is 13.5 Å². The summed E-state index contributed by atoms with van der Waals surface area (Å²) in [6, 6.07) is 11.5. The standard InChI is InChI=1S/C19H13Cl2F2N5O/c20-12-4-3-5-13(21)11(12)8-28-10-26-17(16-18(28)25-9-24-16)27-14-6-1-2-7-15(14)29-19(22)23/h1-7,9-10,19H,8H2,(H,24,25). The van der Waals surface area contributed by atoms with Crippen molar-refractivity contribution in [2.75, 3.05) is 0 Å². The molecule has 0 aliphatic carbocycles. The van der Waals surface area contributed by atoms with Crippen LogP contribution in [0.4, 0.5) is 14.5 Å². The molecule has 0 unspecified atom stereocenters. The van der Waals surface area contributed by atoms with Crippen LogP contribution >= 0.6 is 23.2 Å². The number of fused-ring (bicyclic) bond motifs is 1. The van der Waals surface area contributed by atoms with E-state index in [1.54, 1.807) is 41.0 Å². The molecular weight excluding hydrogens is 423 g/mol. The van der Waals surface area contributed by atoms with E-state index in [-0.39, 0.29) is 16.9 Å². The molecule has 2 aromatic heterocycles. The molecular formula is C19H13Cl2F2N5O. The second-order valence-corrected chi connectivity index (χ2v) is 6.77. The van der Waals surface area contributed by atoms with Crippen molar-refractivity contribution in [2.45, 2.75) is 13.2 Å². The van der Waals surface area contributed by atoms with Crippen LogP contribution in [-0.4, -0.2) is 26.1 Å². The molecule has 4 aromatic rings. The summed E-state index contributed by atoms with van der Waals surface area (Å²) in [7, 11) is 0. The molecule has 29 heavy (non-hydrogen) atoms. The van der Waals surface area contributed by atoms with Crippen LogP contribution in [0.15, 0.2) is 60.1 Å². The number of rotatable bonds is 5. The molecule has 148 valence electrons. The lowest BCUT2D eigenvalue weighted by Crippen LogP contribution is -2.15. The Hall–Kier alpha value is -2.97. The zero-order valence-electron chi connectivity index (χ0n) is 14.7. The van der Waals surface area contributed by atoms with Gasteiger partial charge < -0.3 is 14.3 Å². The Morgan fingerprint density at radius 1 is 1.07 bits per heavy atom. The third kappa shape index (κ3) is 4.08. The summed E-state index contributed by atoms with van der Waals surface area (Å²) in [6.45, 7) is -2.61. The topological polar surface area (TPSA) is 68.1 Å². The summed E-state index contributed by atoms with van der Waals surface area (Å²) in [5, 5.41) is 1.06. The average molecular weight is 436 g/mol. The Morgan fingerprint density at radius 2 is 1.83 bits per heavy atom. The number of benzene rings is 2. The van der Waals surface area contributed by atoms with Gasteiger partial charge in [-0.15, -0.1) is 0 Å². The van der Waals surface area contributed by atoms with Gasteiger partial charge in [0, 0.05) is 15.6 Å². The first-order valence-corrected chi connectivity index (χ1v) is 9.18. The van der Waals surface area contributed by atoms with Gasteiger partial charge in [-0.1, -0.05) is 41.4 Å². The third-order valence-electron chi connectivity index (χ3n) is 4.13. The van der Waals surface area contributed by atoms with E-state index < -0.39 is 6.61 Å². The van der Waals surface area contributed by atoms with Crippen molar-refractivity contribution >= 4 is 40.1 Å². The van der Waals surface area contributed by atoms with E-state index in [1.165, 1.54) is 18.7 Å². The summed E-state index contributed by atoms with van der Waals surface area (Å²) >= 11 is 12.5. The van der Waals surface area contributed by atoms with E-state index in [4.69, 9.17) is 23.2 Å². The van der Waals surface area contributed by atoms with Crippen LogP contribution in [0.3, 0.4) is 0 Å². The van der Waals surface area contributed by atoms with Gasteiger partial charge in [0.1, 0.15) is 11.2 Å². The largest absolute Gasteiger partial charge is 0.433 e. The molecule has 6 nitrogen and oxygen atoms in total. The van der Waals surface area contributed by atoms with Gasteiger partial charge in [0.05, 0.1) is 19.2 Å². The van der Waals surface area contributed by atoms with Crippen LogP contribution in [0.25, 0.3) is 11.2 Å².